The normalized spacial score (nSPS) is 11.8. The van der Waals surface area contributed by atoms with Crippen LogP contribution in [0.4, 0.5) is 5.69 Å². The van der Waals surface area contributed by atoms with E-state index in [-0.39, 0.29) is 11.0 Å². The zero-order chi connectivity index (χ0) is 20.7. The maximum atomic E-state index is 11.1. The average molecular weight is 381 g/mol. The largest absolute Gasteiger partial charge is 0.478 e. The van der Waals surface area contributed by atoms with Gasteiger partial charge in [0, 0.05) is 36.0 Å². The Hall–Kier alpha value is -3.08. The van der Waals surface area contributed by atoms with Crippen molar-refractivity contribution >= 4 is 24.2 Å². The van der Waals surface area contributed by atoms with Gasteiger partial charge in [-0.15, -0.1) is 0 Å². The molecule has 148 valence electrons. The fourth-order valence-corrected chi connectivity index (χ4v) is 2.90. The first-order valence-corrected chi connectivity index (χ1v) is 9.14. The van der Waals surface area contributed by atoms with Crippen LogP contribution in [-0.4, -0.2) is 24.1 Å². The zero-order valence-electron chi connectivity index (χ0n) is 16.8. The van der Waals surface area contributed by atoms with Gasteiger partial charge >= 0.3 is 5.97 Å². The fraction of sp³-hybridized carbons (Fsp3) is 0.304. The van der Waals surface area contributed by atoms with Crippen LogP contribution in [0.1, 0.15) is 38.8 Å². The summed E-state index contributed by atoms with van der Waals surface area (Å²) in [6.07, 6.45) is 1.50. The van der Waals surface area contributed by atoms with Gasteiger partial charge in [0.05, 0.1) is 0 Å². The molecule has 5 nitrogen and oxygen atoms in total. The van der Waals surface area contributed by atoms with Gasteiger partial charge in [0.15, 0.2) is 0 Å². The Labute approximate surface area is 166 Å². The molecule has 0 saturated carbocycles. The summed E-state index contributed by atoms with van der Waals surface area (Å²) in [6.45, 7) is 9.87. The first kappa shape index (κ1) is 21.2. The predicted octanol–water partition coefficient (Wildman–Crippen LogP) is 4.76. The molecule has 0 fully saturated rings. The number of carbonyl (C=O) groups is 2. The van der Waals surface area contributed by atoms with E-state index in [1.54, 1.807) is 12.1 Å². The van der Waals surface area contributed by atoms with E-state index in [1.165, 1.54) is 18.6 Å². The molecule has 0 unspecified atom stereocenters. The van der Waals surface area contributed by atoms with Crippen LogP contribution in [0.5, 0.6) is 5.75 Å². The van der Waals surface area contributed by atoms with Crippen LogP contribution in [0, 0.1) is 5.41 Å². The van der Waals surface area contributed by atoms with Crippen LogP contribution in [0.2, 0.25) is 0 Å². The molecule has 0 atom stereocenters. The van der Waals surface area contributed by atoms with Crippen LogP contribution < -0.4 is 9.64 Å². The molecule has 0 heterocycles. The molecule has 0 saturated heterocycles. The molecule has 0 aliphatic heterocycles. The van der Waals surface area contributed by atoms with Gasteiger partial charge in [0.25, 0.3) is 6.47 Å². The van der Waals surface area contributed by atoms with E-state index < -0.39 is 5.97 Å². The van der Waals surface area contributed by atoms with E-state index in [0.717, 1.165) is 12.2 Å². The Bertz CT molecular complexity index is 851. The molecule has 2 aromatic carbocycles. The molecule has 0 aliphatic rings. The van der Waals surface area contributed by atoms with E-state index in [0.29, 0.717) is 24.3 Å². The van der Waals surface area contributed by atoms with E-state index in [2.05, 4.69) is 37.8 Å². The number of carboxylic acids is 1. The van der Waals surface area contributed by atoms with Crippen molar-refractivity contribution in [1.82, 2.24) is 0 Å². The maximum absolute atomic E-state index is 11.1. The monoisotopic (exact) mass is 381 g/mol. The van der Waals surface area contributed by atoms with Crippen LogP contribution in [-0.2, 0) is 16.1 Å². The highest BCUT2D eigenvalue weighted by Gasteiger charge is 2.19. The van der Waals surface area contributed by atoms with Crippen molar-refractivity contribution in [3.05, 3.63) is 65.2 Å². The molecule has 1 N–H and O–H groups in total. The molecule has 0 amide bonds. The van der Waals surface area contributed by atoms with Crippen LogP contribution in [0.25, 0.3) is 6.08 Å². The molecule has 0 aliphatic carbocycles. The van der Waals surface area contributed by atoms with E-state index in [9.17, 15) is 9.59 Å². The maximum Gasteiger partial charge on any atom is 0.331 e. The second-order valence-electron chi connectivity index (χ2n) is 7.97. The number of hydrogen-bond acceptors (Lipinski definition) is 4. The Kier molecular flexibility index (Phi) is 6.99. The van der Waals surface area contributed by atoms with Crippen LogP contribution in [0.15, 0.2) is 54.1 Å². The van der Waals surface area contributed by atoms with E-state index in [4.69, 9.17) is 9.84 Å². The highest BCUT2D eigenvalue weighted by Crippen LogP contribution is 2.30. The van der Waals surface area contributed by atoms with E-state index in [1.807, 2.05) is 24.3 Å². The Morgan fingerprint density at radius 3 is 2.39 bits per heavy atom. The molecule has 0 aromatic heterocycles. The topological polar surface area (TPSA) is 66.8 Å². The quantitative estimate of drug-likeness (QED) is 0.527. The molecule has 0 spiro atoms. The Morgan fingerprint density at radius 2 is 1.82 bits per heavy atom. The van der Waals surface area contributed by atoms with Gasteiger partial charge in [-0.2, -0.15) is 0 Å². The molecular formula is C23H27NO4. The van der Waals surface area contributed by atoms with Crippen molar-refractivity contribution in [2.75, 3.05) is 11.4 Å². The zero-order valence-corrected chi connectivity index (χ0v) is 16.8. The van der Waals surface area contributed by atoms with Crippen molar-refractivity contribution < 1.29 is 19.4 Å². The van der Waals surface area contributed by atoms with Gasteiger partial charge in [0.1, 0.15) is 5.75 Å². The third-order valence-corrected chi connectivity index (χ3v) is 4.13. The average Bonchev–Trinajstić information content (AvgIpc) is 2.62. The molecule has 2 rings (SSSR count). The number of carboxylic acid groups (broad SMARTS) is 1. The van der Waals surface area contributed by atoms with Crippen molar-refractivity contribution in [2.45, 2.75) is 34.2 Å². The lowest BCUT2D eigenvalue weighted by Crippen LogP contribution is -2.32. The second kappa shape index (κ2) is 9.22. The number of nitrogens with zero attached hydrogens (tertiary/aromatic N) is 1. The van der Waals surface area contributed by atoms with Gasteiger partial charge in [-0.3, -0.25) is 4.79 Å². The molecule has 0 bridgehead atoms. The van der Waals surface area contributed by atoms with Crippen molar-refractivity contribution in [3.8, 4) is 5.75 Å². The summed E-state index contributed by atoms with van der Waals surface area (Å²) in [5, 5.41) is 9.11. The van der Waals surface area contributed by atoms with Gasteiger partial charge in [-0.25, -0.2) is 4.79 Å². The highest BCUT2D eigenvalue weighted by atomic mass is 16.5. The second-order valence-corrected chi connectivity index (χ2v) is 7.97. The van der Waals surface area contributed by atoms with Crippen molar-refractivity contribution in [2.24, 2.45) is 5.41 Å². The highest BCUT2D eigenvalue weighted by molar-refractivity contribution is 5.92. The molecule has 2 aromatic rings. The van der Waals surface area contributed by atoms with Gasteiger partial charge in [-0.05, 0) is 36.1 Å². The number of rotatable bonds is 8. The molecular weight excluding hydrogens is 354 g/mol. The van der Waals surface area contributed by atoms with Gasteiger partial charge < -0.3 is 14.7 Å². The minimum atomic E-state index is -1.01. The first-order valence-electron chi connectivity index (χ1n) is 9.14. The SMILES string of the molecule is C/C(=C\c1ccc(N(Cc2ccccc2)CC(C)(C)C)cc1OC=O)C(=O)O. The van der Waals surface area contributed by atoms with Crippen LogP contribution >= 0.6 is 0 Å². The Balaban J connectivity index is 2.44. The summed E-state index contributed by atoms with van der Waals surface area (Å²) in [5.74, 6) is -0.681. The summed E-state index contributed by atoms with van der Waals surface area (Å²) in [7, 11) is 0. The van der Waals surface area contributed by atoms with Crippen LogP contribution in [0.3, 0.4) is 0 Å². The standard InChI is InChI=1S/C23H27NO4/c1-17(22(26)27)12-19-10-11-20(13-21(19)28-16-25)24(15-23(2,3)4)14-18-8-6-5-7-9-18/h5-13,16H,14-15H2,1-4H3,(H,26,27)/b17-12+. The van der Waals surface area contributed by atoms with Crippen molar-refractivity contribution in [1.29, 1.82) is 0 Å². The third kappa shape index (κ3) is 6.27. The summed E-state index contributed by atoms with van der Waals surface area (Å²) in [6, 6.07) is 15.6. The Morgan fingerprint density at radius 1 is 1.14 bits per heavy atom. The van der Waals surface area contributed by atoms with Gasteiger partial charge in [0.2, 0.25) is 0 Å². The number of hydrogen-bond donors (Lipinski definition) is 1. The van der Waals surface area contributed by atoms with Gasteiger partial charge in [-0.1, -0.05) is 51.1 Å². The smallest absolute Gasteiger partial charge is 0.331 e. The first-order chi connectivity index (χ1) is 13.2. The molecule has 28 heavy (non-hydrogen) atoms. The summed E-state index contributed by atoms with van der Waals surface area (Å²) >= 11 is 0. The predicted molar refractivity (Wildman–Crippen MR) is 111 cm³/mol. The molecule has 5 heteroatoms. The lowest BCUT2D eigenvalue weighted by Gasteiger charge is -2.32. The number of anilines is 1. The molecule has 0 radical (unpaired) electrons. The number of aliphatic carboxylic acids is 1. The van der Waals surface area contributed by atoms with E-state index >= 15 is 0 Å². The lowest BCUT2D eigenvalue weighted by molar-refractivity contribution is -0.132. The number of carbonyl (C=O) groups excluding carboxylic acids is 1. The lowest BCUT2D eigenvalue weighted by atomic mass is 9.95. The fourth-order valence-electron chi connectivity index (χ4n) is 2.90. The minimum absolute atomic E-state index is 0.0545. The minimum Gasteiger partial charge on any atom is -0.478 e. The number of benzene rings is 2. The summed E-state index contributed by atoms with van der Waals surface area (Å²) in [4.78, 5) is 24.3. The number of ether oxygens (including phenoxy) is 1. The summed E-state index contributed by atoms with van der Waals surface area (Å²) in [5.41, 5.74) is 2.85. The van der Waals surface area contributed by atoms with Crippen molar-refractivity contribution in [3.63, 3.8) is 0 Å². The summed E-state index contributed by atoms with van der Waals surface area (Å²) < 4.78 is 5.14. The third-order valence-electron chi connectivity index (χ3n) is 4.13.